The molecule has 0 spiro atoms. The van der Waals surface area contributed by atoms with Gasteiger partial charge in [0.1, 0.15) is 18.8 Å². The van der Waals surface area contributed by atoms with Gasteiger partial charge in [-0.25, -0.2) is 4.79 Å². The first-order valence-corrected chi connectivity index (χ1v) is 8.97. The van der Waals surface area contributed by atoms with Gasteiger partial charge in [0.2, 0.25) is 6.79 Å². The first-order chi connectivity index (χ1) is 13.5. The highest BCUT2D eigenvalue weighted by atomic mass is 16.7. The monoisotopic (exact) mass is 382 g/mol. The summed E-state index contributed by atoms with van der Waals surface area (Å²) < 4.78 is 21.8. The third kappa shape index (κ3) is 2.52. The summed E-state index contributed by atoms with van der Waals surface area (Å²) in [6.45, 7) is 2.94. The highest BCUT2D eigenvalue weighted by molar-refractivity contribution is 6.07. The maximum Gasteiger partial charge on any atom is 0.325 e. The Balaban J connectivity index is 1.42. The molecule has 3 heterocycles. The van der Waals surface area contributed by atoms with Gasteiger partial charge >= 0.3 is 6.03 Å². The summed E-state index contributed by atoms with van der Waals surface area (Å²) in [5.74, 6) is 2.14. The van der Waals surface area contributed by atoms with Crippen LogP contribution in [0.3, 0.4) is 0 Å². The zero-order chi connectivity index (χ0) is 19.3. The Kier molecular flexibility index (Phi) is 3.61. The van der Waals surface area contributed by atoms with Gasteiger partial charge in [-0.15, -0.1) is 0 Å². The van der Waals surface area contributed by atoms with Crippen molar-refractivity contribution in [3.63, 3.8) is 0 Å². The van der Waals surface area contributed by atoms with Gasteiger partial charge in [0.15, 0.2) is 23.0 Å². The molecule has 1 N–H and O–H groups in total. The van der Waals surface area contributed by atoms with E-state index in [0.717, 1.165) is 5.56 Å². The molecule has 28 heavy (non-hydrogen) atoms. The summed E-state index contributed by atoms with van der Waals surface area (Å²) in [4.78, 5) is 26.9. The average molecular weight is 382 g/mol. The van der Waals surface area contributed by atoms with Crippen LogP contribution in [0.1, 0.15) is 18.1 Å². The molecule has 0 radical (unpaired) electrons. The predicted octanol–water partition coefficient (Wildman–Crippen LogP) is 2.15. The summed E-state index contributed by atoms with van der Waals surface area (Å²) in [5.41, 5.74) is 0.242. The molecular formula is C20H18N2O6. The molecule has 3 aliphatic rings. The van der Waals surface area contributed by atoms with Crippen LogP contribution >= 0.6 is 0 Å². The van der Waals surface area contributed by atoms with Crippen molar-refractivity contribution >= 4 is 11.9 Å². The number of hydrogen-bond donors (Lipinski definition) is 1. The fourth-order valence-electron chi connectivity index (χ4n) is 3.61. The van der Waals surface area contributed by atoms with Gasteiger partial charge in [0.25, 0.3) is 5.91 Å². The molecule has 0 saturated carbocycles. The third-order valence-electron chi connectivity index (χ3n) is 5.17. The molecule has 3 aliphatic heterocycles. The summed E-state index contributed by atoms with van der Waals surface area (Å²) in [5, 5.41) is 2.81. The molecule has 5 rings (SSSR count). The minimum atomic E-state index is -1.18. The average Bonchev–Trinajstić information content (AvgIpc) is 3.26. The lowest BCUT2D eigenvalue weighted by Crippen LogP contribution is -2.41. The molecule has 1 unspecified atom stereocenters. The van der Waals surface area contributed by atoms with Crippen LogP contribution in [0.2, 0.25) is 0 Å². The van der Waals surface area contributed by atoms with Crippen molar-refractivity contribution < 1.29 is 28.5 Å². The zero-order valence-corrected chi connectivity index (χ0v) is 15.2. The van der Waals surface area contributed by atoms with Crippen molar-refractivity contribution in [2.24, 2.45) is 0 Å². The van der Waals surface area contributed by atoms with Crippen LogP contribution in [0.25, 0.3) is 0 Å². The molecule has 2 aromatic rings. The van der Waals surface area contributed by atoms with Crippen LogP contribution in [0.4, 0.5) is 4.79 Å². The van der Waals surface area contributed by atoms with Gasteiger partial charge < -0.3 is 24.3 Å². The van der Waals surface area contributed by atoms with Crippen molar-refractivity contribution in [2.75, 3.05) is 20.0 Å². The predicted molar refractivity (Wildman–Crippen MR) is 96.4 cm³/mol. The second-order valence-corrected chi connectivity index (χ2v) is 6.99. The summed E-state index contributed by atoms with van der Waals surface area (Å²) in [6, 6.07) is 10.2. The minimum Gasteiger partial charge on any atom is -0.486 e. The van der Waals surface area contributed by atoms with Gasteiger partial charge in [-0.05, 0) is 42.3 Å². The van der Waals surface area contributed by atoms with Gasteiger partial charge in [-0.1, -0.05) is 12.1 Å². The first-order valence-electron chi connectivity index (χ1n) is 8.97. The number of urea groups is 1. The number of amides is 3. The van der Waals surface area contributed by atoms with E-state index in [4.69, 9.17) is 18.9 Å². The molecule has 1 atom stereocenters. The number of benzene rings is 2. The van der Waals surface area contributed by atoms with E-state index in [9.17, 15) is 9.59 Å². The molecule has 1 fully saturated rings. The van der Waals surface area contributed by atoms with Crippen LogP contribution in [-0.4, -0.2) is 36.8 Å². The largest absolute Gasteiger partial charge is 0.486 e. The number of carbonyl (C=O) groups is 2. The number of fused-ring (bicyclic) bond motifs is 2. The molecule has 3 amide bonds. The van der Waals surface area contributed by atoms with E-state index in [2.05, 4.69) is 5.32 Å². The Morgan fingerprint density at radius 1 is 0.929 bits per heavy atom. The Bertz CT molecular complexity index is 991. The lowest BCUT2D eigenvalue weighted by atomic mass is 9.91. The van der Waals surface area contributed by atoms with E-state index in [0.29, 0.717) is 41.8 Å². The fourth-order valence-corrected chi connectivity index (χ4v) is 3.61. The van der Waals surface area contributed by atoms with E-state index < -0.39 is 11.6 Å². The third-order valence-corrected chi connectivity index (χ3v) is 5.17. The Labute approximate surface area is 160 Å². The van der Waals surface area contributed by atoms with E-state index in [1.807, 2.05) is 6.07 Å². The molecule has 0 aliphatic carbocycles. The number of hydrogen-bond acceptors (Lipinski definition) is 6. The second kappa shape index (κ2) is 6.05. The maximum absolute atomic E-state index is 13.2. The van der Waals surface area contributed by atoms with Gasteiger partial charge in [-0.2, -0.15) is 0 Å². The van der Waals surface area contributed by atoms with Crippen LogP contribution in [0.5, 0.6) is 23.0 Å². The minimum absolute atomic E-state index is 0.140. The highest BCUT2D eigenvalue weighted by Crippen LogP contribution is 2.38. The molecule has 1 saturated heterocycles. The SMILES string of the molecule is CC1(c2ccc3c(c2)OCCO3)NC(=O)N(Cc2ccc3c(c2)OCO3)C1=O. The van der Waals surface area contributed by atoms with Gasteiger partial charge in [0.05, 0.1) is 6.54 Å². The second-order valence-electron chi connectivity index (χ2n) is 6.99. The Morgan fingerprint density at radius 2 is 1.61 bits per heavy atom. The Morgan fingerprint density at radius 3 is 2.46 bits per heavy atom. The molecule has 8 heteroatoms. The van der Waals surface area contributed by atoms with E-state index in [1.165, 1.54) is 4.90 Å². The lowest BCUT2D eigenvalue weighted by molar-refractivity contribution is -0.131. The van der Waals surface area contributed by atoms with Crippen LogP contribution in [0.15, 0.2) is 36.4 Å². The summed E-state index contributed by atoms with van der Waals surface area (Å²) in [6.07, 6.45) is 0. The van der Waals surface area contributed by atoms with Crippen molar-refractivity contribution in [1.29, 1.82) is 0 Å². The number of nitrogens with one attached hydrogen (secondary N) is 1. The zero-order valence-electron chi connectivity index (χ0n) is 15.2. The summed E-state index contributed by atoms with van der Waals surface area (Å²) >= 11 is 0. The topological polar surface area (TPSA) is 86.3 Å². The van der Waals surface area contributed by atoms with Crippen molar-refractivity contribution in [3.8, 4) is 23.0 Å². The van der Waals surface area contributed by atoms with Crippen molar-refractivity contribution in [3.05, 3.63) is 47.5 Å². The lowest BCUT2D eigenvalue weighted by Gasteiger charge is -2.25. The number of ether oxygens (including phenoxy) is 4. The van der Waals surface area contributed by atoms with Gasteiger partial charge in [-0.3, -0.25) is 9.69 Å². The van der Waals surface area contributed by atoms with E-state index in [1.54, 1.807) is 37.3 Å². The van der Waals surface area contributed by atoms with E-state index in [-0.39, 0.29) is 19.2 Å². The number of carbonyl (C=O) groups excluding carboxylic acids is 2. The molecule has 2 aromatic carbocycles. The van der Waals surface area contributed by atoms with Crippen molar-refractivity contribution in [2.45, 2.75) is 19.0 Å². The van der Waals surface area contributed by atoms with Gasteiger partial charge in [0, 0.05) is 0 Å². The summed E-state index contributed by atoms with van der Waals surface area (Å²) in [7, 11) is 0. The molecular weight excluding hydrogens is 364 g/mol. The molecule has 144 valence electrons. The highest BCUT2D eigenvalue weighted by Gasteiger charge is 2.49. The van der Waals surface area contributed by atoms with E-state index >= 15 is 0 Å². The number of rotatable bonds is 3. The molecule has 8 nitrogen and oxygen atoms in total. The first kappa shape index (κ1) is 16.7. The standard InChI is InChI=1S/C20H18N2O6/c1-20(13-3-5-14-17(9-13)26-7-6-25-14)18(23)22(19(24)21-20)10-12-2-4-15-16(8-12)28-11-27-15/h2-5,8-9H,6-7,10-11H2,1H3,(H,21,24). The maximum atomic E-state index is 13.2. The fraction of sp³-hybridized carbons (Fsp3) is 0.300. The smallest absolute Gasteiger partial charge is 0.325 e. The normalized spacial score (nSPS) is 22.4. The number of nitrogens with zero attached hydrogens (tertiary/aromatic N) is 1. The van der Waals surface area contributed by atoms with Crippen molar-refractivity contribution in [1.82, 2.24) is 10.2 Å². The van der Waals surface area contributed by atoms with Crippen LogP contribution in [0, 0.1) is 0 Å². The number of imide groups is 1. The quantitative estimate of drug-likeness (QED) is 0.819. The Hall–Kier alpha value is -3.42. The van der Waals surface area contributed by atoms with Crippen LogP contribution < -0.4 is 24.3 Å². The molecule has 0 aromatic heterocycles. The molecule has 0 bridgehead atoms. The van der Waals surface area contributed by atoms with Crippen LogP contribution in [-0.2, 0) is 16.9 Å².